The largest absolute Gasteiger partial charge is 0.493 e. The summed E-state index contributed by atoms with van der Waals surface area (Å²) in [5.41, 5.74) is 1.77. The van der Waals surface area contributed by atoms with E-state index >= 15 is 0 Å². The third-order valence-electron chi connectivity index (χ3n) is 2.72. The van der Waals surface area contributed by atoms with E-state index in [1.54, 1.807) is 43.3 Å². The molecule has 0 spiro atoms. The van der Waals surface area contributed by atoms with E-state index in [-0.39, 0.29) is 0 Å². The van der Waals surface area contributed by atoms with Crippen molar-refractivity contribution in [3.05, 3.63) is 52.0 Å². The van der Waals surface area contributed by atoms with Gasteiger partial charge in [0.25, 0.3) is 0 Å². The molecule has 7 heteroatoms. The lowest BCUT2D eigenvalue weighted by molar-refractivity contribution is 0.416. The van der Waals surface area contributed by atoms with Gasteiger partial charge in [0, 0.05) is 5.02 Å². The van der Waals surface area contributed by atoms with Gasteiger partial charge in [0.1, 0.15) is 5.69 Å². The van der Waals surface area contributed by atoms with Crippen molar-refractivity contribution in [2.24, 2.45) is 9.98 Å². The highest BCUT2D eigenvalue weighted by Gasteiger charge is 2.04. The smallest absolute Gasteiger partial charge is 0.240 e. The Morgan fingerprint density at radius 2 is 1.43 bits per heavy atom. The molecule has 0 saturated carbocycles. The summed E-state index contributed by atoms with van der Waals surface area (Å²) in [7, 11) is 1.46. The maximum Gasteiger partial charge on any atom is 0.240 e. The highest BCUT2D eigenvalue weighted by atomic mass is 35.5. The zero-order valence-corrected chi connectivity index (χ0v) is 13.9. The Hall–Kier alpha value is -2.42. The number of methoxy groups -OCH3 is 1. The summed E-state index contributed by atoms with van der Waals surface area (Å²) in [4.78, 5) is 26.8. The number of benzene rings is 2. The fourth-order valence-electron chi connectivity index (χ4n) is 1.60. The van der Waals surface area contributed by atoms with Crippen molar-refractivity contribution in [3.63, 3.8) is 0 Å². The lowest BCUT2D eigenvalue weighted by Crippen LogP contribution is -1.83. The second kappa shape index (κ2) is 9.57. The second-order valence-electron chi connectivity index (χ2n) is 4.08. The second-order valence-corrected chi connectivity index (χ2v) is 4.90. The van der Waals surface area contributed by atoms with E-state index in [4.69, 9.17) is 27.9 Å². The molecule has 0 amide bonds. The van der Waals surface area contributed by atoms with E-state index in [2.05, 4.69) is 9.98 Å². The minimum Gasteiger partial charge on any atom is -0.493 e. The fraction of sp³-hybridized carbons (Fsp3) is 0.125. The van der Waals surface area contributed by atoms with E-state index in [1.807, 2.05) is 0 Å². The molecule has 0 radical (unpaired) electrons. The number of hydrogen-bond donors (Lipinski definition) is 0. The van der Waals surface area contributed by atoms with Crippen LogP contribution in [0.5, 0.6) is 5.75 Å². The Morgan fingerprint density at radius 3 is 2.00 bits per heavy atom. The van der Waals surface area contributed by atoms with Crippen LogP contribution in [0.2, 0.25) is 10.0 Å². The van der Waals surface area contributed by atoms with Gasteiger partial charge in [-0.25, -0.2) is 9.59 Å². The zero-order valence-electron chi connectivity index (χ0n) is 12.3. The van der Waals surface area contributed by atoms with Gasteiger partial charge in [0.2, 0.25) is 12.2 Å². The summed E-state index contributed by atoms with van der Waals surface area (Å²) in [5.74, 6) is 0.391. The standard InChI is InChI=1S/C8H6ClNO2.C8H6ClNO/c1-12-8-6(9)3-2-4-7(8)10-5-11;1-6-7(9)3-2-4-8(6)10-5-11/h2-4H,1H3;2-4H,1H3. The predicted octanol–water partition coefficient (Wildman–Crippen LogP) is 4.93. The van der Waals surface area contributed by atoms with Gasteiger partial charge in [0.15, 0.2) is 5.75 Å². The molecule has 0 N–H and O–H groups in total. The molecule has 2 aromatic rings. The van der Waals surface area contributed by atoms with Gasteiger partial charge < -0.3 is 4.74 Å². The molecule has 0 bridgehead atoms. The van der Waals surface area contributed by atoms with Crippen molar-refractivity contribution < 1.29 is 14.3 Å². The van der Waals surface area contributed by atoms with Gasteiger partial charge in [-0.05, 0) is 36.8 Å². The van der Waals surface area contributed by atoms with Crippen LogP contribution in [0, 0.1) is 6.92 Å². The van der Waals surface area contributed by atoms with Crippen LogP contribution < -0.4 is 4.74 Å². The highest BCUT2D eigenvalue weighted by Crippen LogP contribution is 2.34. The van der Waals surface area contributed by atoms with Crippen molar-refractivity contribution in [1.82, 2.24) is 0 Å². The molecule has 2 rings (SSSR count). The molecule has 118 valence electrons. The van der Waals surface area contributed by atoms with Crippen LogP contribution in [-0.2, 0) is 9.59 Å². The van der Waals surface area contributed by atoms with E-state index in [9.17, 15) is 9.59 Å². The van der Waals surface area contributed by atoms with Crippen LogP contribution in [0.4, 0.5) is 11.4 Å². The third-order valence-corrected chi connectivity index (χ3v) is 3.43. The van der Waals surface area contributed by atoms with Gasteiger partial charge >= 0.3 is 0 Å². The quantitative estimate of drug-likeness (QED) is 0.581. The summed E-state index contributed by atoms with van der Waals surface area (Å²) >= 11 is 11.5. The molecular formula is C16H12Cl2N2O3. The van der Waals surface area contributed by atoms with E-state index in [1.165, 1.54) is 19.3 Å². The number of isocyanates is 2. The van der Waals surface area contributed by atoms with Gasteiger partial charge in [-0.15, -0.1) is 0 Å². The van der Waals surface area contributed by atoms with Crippen molar-refractivity contribution >= 4 is 46.7 Å². The first kappa shape index (κ1) is 18.6. The van der Waals surface area contributed by atoms with Gasteiger partial charge in [-0.2, -0.15) is 9.98 Å². The van der Waals surface area contributed by atoms with Gasteiger partial charge in [0.05, 0.1) is 17.8 Å². The molecule has 0 aliphatic heterocycles. The number of hydrogen-bond acceptors (Lipinski definition) is 5. The third kappa shape index (κ3) is 5.37. The van der Waals surface area contributed by atoms with Crippen LogP contribution in [-0.4, -0.2) is 19.3 Å². The number of carbonyl (C=O) groups excluding carboxylic acids is 2. The van der Waals surface area contributed by atoms with Gasteiger partial charge in [-0.3, -0.25) is 0 Å². The number of halogens is 2. The Labute approximate surface area is 143 Å². The number of aliphatic imine (C=N–C) groups is 2. The molecule has 0 fully saturated rings. The zero-order chi connectivity index (χ0) is 17.2. The maximum atomic E-state index is 9.96. The molecule has 0 aromatic heterocycles. The first-order valence-electron chi connectivity index (χ1n) is 6.28. The molecule has 0 unspecified atom stereocenters. The summed E-state index contributed by atoms with van der Waals surface area (Å²) < 4.78 is 4.92. The Bertz CT molecular complexity index is 781. The normalized spacial score (nSPS) is 8.87. The topological polar surface area (TPSA) is 68.1 Å². The first-order chi connectivity index (χ1) is 11.0. The van der Waals surface area contributed by atoms with Crippen molar-refractivity contribution in [2.45, 2.75) is 6.92 Å². The number of rotatable bonds is 3. The SMILES string of the molecule is COc1c(Cl)cccc1N=C=O.Cc1c(Cl)cccc1N=C=O. The Morgan fingerprint density at radius 1 is 0.913 bits per heavy atom. The van der Waals surface area contributed by atoms with Gasteiger partial charge in [-0.1, -0.05) is 35.3 Å². The molecular weight excluding hydrogens is 339 g/mol. The number of para-hydroxylation sites is 1. The predicted molar refractivity (Wildman–Crippen MR) is 89.8 cm³/mol. The van der Waals surface area contributed by atoms with Crippen LogP contribution in [0.1, 0.15) is 5.56 Å². The molecule has 0 aliphatic carbocycles. The fourth-order valence-corrected chi connectivity index (χ4v) is 2.02. The van der Waals surface area contributed by atoms with Crippen molar-refractivity contribution in [2.75, 3.05) is 7.11 Å². The van der Waals surface area contributed by atoms with Crippen LogP contribution in [0.25, 0.3) is 0 Å². The molecule has 0 saturated heterocycles. The first-order valence-corrected chi connectivity index (χ1v) is 7.04. The van der Waals surface area contributed by atoms with E-state index in [0.717, 1.165) is 5.56 Å². The maximum absolute atomic E-state index is 9.96. The summed E-state index contributed by atoms with van der Waals surface area (Å²) in [6.45, 7) is 1.80. The summed E-state index contributed by atoms with van der Waals surface area (Å²) in [6, 6.07) is 10.2. The average molecular weight is 351 g/mol. The molecule has 23 heavy (non-hydrogen) atoms. The van der Waals surface area contributed by atoms with Crippen molar-refractivity contribution in [3.8, 4) is 5.75 Å². The van der Waals surface area contributed by atoms with Crippen LogP contribution in [0.15, 0.2) is 46.4 Å². The molecule has 5 nitrogen and oxygen atoms in total. The summed E-state index contributed by atoms with van der Waals surface area (Å²) in [5, 5.41) is 1.04. The molecule has 0 aliphatic rings. The minimum atomic E-state index is 0.389. The Balaban J connectivity index is 0.000000231. The minimum absolute atomic E-state index is 0.389. The number of nitrogens with zero attached hydrogens (tertiary/aromatic N) is 2. The van der Waals surface area contributed by atoms with Crippen molar-refractivity contribution in [1.29, 1.82) is 0 Å². The van der Waals surface area contributed by atoms with E-state index in [0.29, 0.717) is 27.2 Å². The molecule has 0 heterocycles. The number of ether oxygens (including phenoxy) is 1. The van der Waals surface area contributed by atoms with Crippen LogP contribution in [0.3, 0.4) is 0 Å². The summed E-state index contributed by atoms with van der Waals surface area (Å²) in [6.07, 6.45) is 2.89. The van der Waals surface area contributed by atoms with Crippen LogP contribution >= 0.6 is 23.2 Å². The highest BCUT2D eigenvalue weighted by molar-refractivity contribution is 6.32. The Kier molecular flexibility index (Phi) is 7.75. The average Bonchev–Trinajstić information content (AvgIpc) is 2.53. The molecule has 0 atom stereocenters. The monoisotopic (exact) mass is 350 g/mol. The molecule has 2 aromatic carbocycles. The lowest BCUT2D eigenvalue weighted by atomic mass is 10.2. The lowest BCUT2D eigenvalue weighted by Gasteiger charge is -2.03. The van der Waals surface area contributed by atoms with E-state index < -0.39 is 0 Å².